The largest absolute Gasteiger partial charge is 0.458 e. The number of hydrogen-bond donors (Lipinski definition) is 0. The van der Waals surface area contributed by atoms with Gasteiger partial charge in [0.1, 0.15) is 18.2 Å². The van der Waals surface area contributed by atoms with Crippen LogP contribution in [0.5, 0.6) is 0 Å². The molecule has 36 heavy (non-hydrogen) atoms. The highest BCUT2D eigenvalue weighted by Gasteiger charge is 2.58. The Hall–Kier alpha value is -3.02. The summed E-state index contributed by atoms with van der Waals surface area (Å²) in [4.78, 5) is 24.8. The van der Waals surface area contributed by atoms with Gasteiger partial charge in [-0.1, -0.05) is 25.5 Å². The first-order valence-corrected chi connectivity index (χ1v) is 13.2. The number of nitrogens with zero attached hydrogens (tertiary/aromatic N) is 2. The van der Waals surface area contributed by atoms with E-state index in [-0.39, 0.29) is 28.7 Å². The molecule has 0 aliphatic heterocycles. The molecule has 2 saturated carbocycles. The lowest BCUT2D eigenvalue weighted by atomic mass is 9.48. The van der Waals surface area contributed by atoms with Crippen LogP contribution in [0.2, 0.25) is 0 Å². The molecule has 0 saturated heterocycles. The molecule has 1 aromatic heterocycles. The van der Waals surface area contributed by atoms with Crippen LogP contribution in [-0.2, 0) is 9.53 Å². The molecule has 4 aliphatic rings. The van der Waals surface area contributed by atoms with Crippen LogP contribution in [0.25, 0.3) is 5.70 Å². The summed E-state index contributed by atoms with van der Waals surface area (Å²) >= 11 is 0. The Labute approximate surface area is 211 Å². The van der Waals surface area contributed by atoms with E-state index in [1.165, 1.54) is 29.8 Å². The number of carbonyl (C=O) groups is 2. The van der Waals surface area contributed by atoms with Crippen LogP contribution < -0.4 is 0 Å². The zero-order valence-electron chi connectivity index (χ0n) is 21.0. The van der Waals surface area contributed by atoms with Crippen molar-refractivity contribution in [1.82, 2.24) is 9.78 Å². The molecule has 2 aromatic rings. The highest BCUT2D eigenvalue weighted by molar-refractivity contribution is 5.89. The molecular formula is C30H33FN2O3. The summed E-state index contributed by atoms with van der Waals surface area (Å²) in [6.07, 6.45) is 13.7. The molecule has 1 heterocycles. The maximum atomic E-state index is 13.2. The first-order chi connectivity index (χ1) is 17.3. The Morgan fingerprint density at radius 1 is 1.11 bits per heavy atom. The SMILES string of the molecule is C[C@]12CC[C@H](OC(=O)c3ccc(F)cc3)CC1=CC[C@@H]1[C@@H]2CC[C@]2(C)C(n3cccn3)=C(C=O)C[C@@H]12. The van der Waals surface area contributed by atoms with Crippen LogP contribution in [0.4, 0.5) is 4.39 Å². The van der Waals surface area contributed by atoms with Gasteiger partial charge in [-0.15, -0.1) is 0 Å². The van der Waals surface area contributed by atoms with Crippen LogP contribution in [0.1, 0.15) is 69.2 Å². The molecule has 4 aliphatic carbocycles. The summed E-state index contributed by atoms with van der Waals surface area (Å²) in [6, 6.07) is 7.47. The smallest absolute Gasteiger partial charge is 0.338 e. The second-order valence-electron chi connectivity index (χ2n) is 11.6. The van der Waals surface area contributed by atoms with Gasteiger partial charge in [0.15, 0.2) is 0 Å². The molecular weight excluding hydrogens is 455 g/mol. The minimum Gasteiger partial charge on any atom is -0.458 e. The average Bonchev–Trinajstić information content (AvgIpc) is 3.49. The summed E-state index contributed by atoms with van der Waals surface area (Å²) in [7, 11) is 0. The first kappa shape index (κ1) is 23.4. The summed E-state index contributed by atoms with van der Waals surface area (Å²) < 4.78 is 21.0. The van der Waals surface area contributed by atoms with Crippen molar-refractivity contribution in [2.75, 3.05) is 0 Å². The number of carbonyl (C=O) groups excluding carboxylic acids is 2. The van der Waals surface area contributed by atoms with Crippen molar-refractivity contribution < 1.29 is 18.7 Å². The van der Waals surface area contributed by atoms with E-state index in [1.54, 1.807) is 6.20 Å². The minimum absolute atomic E-state index is 0.0486. The topological polar surface area (TPSA) is 61.2 Å². The number of fused-ring (bicyclic) bond motifs is 5. The zero-order chi connectivity index (χ0) is 25.1. The van der Waals surface area contributed by atoms with Crippen molar-refractivity contribution in [3.63, 3.8) is 0 Å². The van der Waals surface area contributed by atoms with Gasteiger partial charge in [-0.05, 0) is 92.0 Å². The first-order valence-electron chi connectivity index (χ1n) is 13.2. The van der Waals surface area contributed by atoms with Crippen LogP contribution in [-0.4, -0.2) is 28.1 Å². The van der Waals surface area contributed by atoms with Gasteiger partial charge < -0.3 is 4.74 Å². The molecule has 1 aromatic carbocycles. The average molecular weight is 489 g/mol. The predicted molar refractivity (Wildman–Crippen MR) is 134 cm³/mol. The monoisotopic (exact) mass is 488 g/mol. The molecule has 0 N–H and O–H groups in total. The molecule has 2 fully saturated rings. The van der Waals surface area contributed by atoms with Gasteiger partial charge in [-0.25, -0.2) is 13.9 Å². The molecule has 6 atom stereocenters. The zero-order valence-corrected chi connectivity index (χ0v) is 21.0. The molecule has 0 unspecified atom stereocenters. The van der Waals surface area contributed by atoms with E-state index in [0.717, 1.165) is 62.5 Å². The maximum Gasteiger partial charge on any atom is 0.338 e. The minimum atomic E-state index is -0.379. The molecule has 6 heteroatoms. The van der Waals surface area contributed by atoms with E-state index in [2.05, 4.69) is 25.0 Å². The summed E-state index contributed by atoms with van der Waals surface area (Å²) in [5.74, 6) is 0.781. The Kier molecular flexibility index (Phi) is 5.54. The van der Waals surface area contributed by atoms with E-state index >= 15 is 0 Å². The number of allylic oxidation sites excluding steroid dienone is 3. The summed E-state index contributed by atoms with van der Waals surface area (Å²) in [6.45, 7) is 4.75. The standard InChI is InChI=1S/C30H33FN2O3/c1-29-12-10-23(36-28(35)19-4-7-22(31)8-5-19)17-21(29)6-9-24-25(29)11-13-30(2)26(24)16-20(18-34)27(30)33-15-3-14-32-33/h3-8,14-15,18,23-26H,9-13,16-17H2,1-2H3/t23-,24+,25-,26-,29-,30-/m0/s1. The predicted octanol–water partition coefficient (Wildman–Crippen LogP) is 6.23. The quantitative estimate of drug-likeness (QED) is 0.291. The number of esters is 1. The summed E-state index contributed by atoms with van der Waals surface area (Å²) in [5, 5.41) is 4.50. The van der Waals surface area contributed by atoms with Gasteiger partial charge in [0.05, 0.1) is 11.3 Å². The van der Waals surface area contributed by atoms with E-state index in [9.17, 15) is 14.0 Å². The van der Waals surface area contributed by atoms with E-state index in [1.807, 2.05) is 16.9 Å². The van der Waals surface area contributed by atoms with Gasteiger partial charge in [0, 0.05) is 29.8 Å². The molecule has 0 amide bonds. The van der Waals surface area contributed by atoms with E-state index in [4.69, 9.17) is 4.74 Å². The van der Waals surface area contributed by atoms with Crippen molar-refractivity contribution in [3.05, 3.63) is 71.3 Å². The number of halogens is 1. The van der Waals surface area contributed by atoms with Gasteiger partial charge in [-0.2, -0.15) is 5.10 Å². The number of hydrogen-bond acceptors (Lipinski definition) is 4. The third-order valence-corrected chi connectivity index (χ3v) is 9.96. The number of aromatic nitrogens is 2. The highest BCUT2D eigenvalue weighted by atomic mass is 19.1. The number of rotatable bonds is 4. The fourth-order valence-electron chi connectivity index (χ4n) is 8.14. The molecule has 6 rings (SSSR count). The number of benzene rings is 1. The van der Waals surface area contributed by atoms with Crippen molar-refractivity contribution in [1.29, 1.82) is 0 Å². The maximum absolute atomic E-state index is 13.2. The highest BCUT2D eigenvalue weighted by Crippen LogP contribution is 2.66. The second kappa shape index (κ2) is 8.53. The Morgan fingerprint density at radius 3 is 2.61 bits per heavy atom. The molecule has 0 radical (unpaired) electrons. The normalized spacial score (nSPS) is 35.4. The fraction of sp³-hybridized carbons (Fsp3) is 0.500. The Bertz CT molecular complexity index is 1250. The number of ether oxygens (including phenoxy) is 1. The lowest BCUT2D eigenvalue weighted by Gasteiger charge is -2.57. The third kappa shape index (κ3) is 3.52. The Balaban J connectivity index is 1.22. The van der Waals surface area contributed by atoms with Crippen LogP contribution in [0, 0.1) is 34.4 Å². The third-order valence-electron chi connectivity index (χ3n) is 9.96. The number of aldehydes is 1. The van der Waals surface area contributed by atoms with Crippen LogP contribution >= 0.6 is 0 Å². The van der Waals surface area contributed by atoms with Gasteiger partial charge in [0.25, 0.3) is 0 Å². The van der Waals surface area contributed by atoms with Crippen LogP contribution in [0.3, 0.4) is 0 Å². The molecule has 0 spiro atoms. The van der Waals surface area contributed by atoms with E-state index in [0.29, 0.717) is 23.3 Å². The van der Waals surface area contributed by atoms with Crippen molar-refractivity contribution in [3.8, 4) is 0 Å². The van der Waals surface area contributed by atoms with Crippen molar-refractivity contribution in [2.24, 2.45) is 28.6 Å². The van der Waals surface area contributed by atoms with E-state index < -0.39 is 0 Å². The lowest BCUT2D eigenvalue weighted by Crippen LogP contribution is -2.50. The van der Waals surface area contributed by atoms with Crippen molar-refractivity contribution >= 4 is 18.0 Å². The Morgan fingerprint density at radius 2 is 1.89 bits per heavy atom. The second-order valence-corrected chi connectivity index (χ2v) is 11.6. The summed E-state index contributed by atoms with van der Waals surface area (Å²) in [5.41, 5.74) is 3.86. The fourth-order valence-corrected chi connectivity index (χ4v) is 8.14. The molecule has 0 bridgehead atoms. The van der Waals surface area contributed by atoms with Gasteiger partial charge >= 0.3 is 5.97 Å². The van der Waals surface area contributed by atoms with Gasteiger partial charge in [0.2, 0.25) is 0 Å². The van der Waals surface area contributed by atoms with Crippen LogP contribution in [0.15, 0.2) is 59.9 Å². The molecule has 188 valence electrons. The van der Waals surface area contributed by atoms with Gasteiger partial charge in [-0.3, -0.25) is 4.79 Å². The lowest BCUT2D eigenvalue weighted by molar-refractivity contribution is -0.105. The van der Waals surface area contributed by atoms with Crippen molar-refractivity contribution in [2.45, 2.75) is 64.9 Å². The molecule has 5 nitrogen and oxygen atoms in total.